The van der Waals surface area contributed by atoms with E-state index in [1.54, 1.807) is 18.2 Å². The molecule has 0 aliphatic carbocycles. The van der Waals surface area contributed by atoms with Gasteiger partial charge >= 0.3 is 5.97 Å². The Morgan fingerprint density at radius 1 is 0.970 bits per heavy atom. The zero-order valence-corrected chi connectivity index (χ0v) is 19.1. The Balaban J connectivity index is 1.79. The largest absolute Gasteiger partial charge is 0.488 e. The Labute approximate surface area is 194 Å². The number of hydrogen-bond acceptors (Lipinski definition) is 4. The van der Waals surface area contributed by atoms with Crippen LogP contribution in [0.1, 0.15) is 29.8 Å². The molecular weight excluding hydrogens is 416 g/mol. The van der Waals surface area contributed by atoms with Crippen molar-refractivity contribution >= 4 is 28.7 Å². The standard InChI is InChI=1S/C27H30N2O4/c1-3-29(4-2)17-16-28-26(30)23(18-20-12-14-22(15-13-20)27(31)32)19-33-25-11-7-9-21-8-5-6-10-24(21)25/h5-15,18H,3-4,16-17,19H2,1-2H3,(H,28,30)(H,31,32). The Hall–Kier alpha value is -3.64. The molecule has 3 aromatic rings. The van der Waals surface area contributed by atoms with E-state index in [1.807, 2.05) is 42.5 Å². The van der Waals surface area contributed by atoms with Gasteiger partial charge in [0, 0.05) is 18.5 Å². The van der Waals surface area contributed by atoms with Gasteiger partial charge in [0.25, 0.3) is 5.91 Å². The summed E-state index contributed by atoms with van der Waals surface area (Å²) in [6, 6.07) is 20.2. The van der Waals surface area contributed by atoms with Crippen molar-refractivity contribution in [2.75, 3.05) is 32.8 Å². The van der Waals surface area contributed by atoms with E-state index in [0.717, 1.165) is 36.0 Å². The highest BCUT2D eigenvalue weighted by Gasteiger charge is 2.13. The normalized spacial score (nSPS) is 11.5. The number of benzene rings is 3. The van der Waals surface area contributed by atoms with E-state index in [-0.39, 0.29) is 18.1 Å². The lowest BCUT2D eigenvalue weighted by Crippen LogP contribution is -2.36. The summed E-state index contributed by atoms with van der Waals surface area (Å²) in [6.07, 6.45) is 1.74. The number of carboxylic acids is 1. The summed E-state index contributed by atoms with van der Waals surface area (Å²) in [5.74, 6) is -0.486. The van der Waals surface area contributed by atoms with Crippen molar-refractivity contribution < 1.29 is 19.4 Å². The number of amides is 1. The van der Waals surface area contributed by atoms with Gasteiger partial charge in [-0.3, -0.25) is 4.79 Å². The first-order valence-corrected chi connectivity index (χ1v) is 11.2. The quantitative estimate of drug-likeness (QED) is 0.425. The summed E-state index contributed by atoms with van der Waals surface area (Å²) >= 11 is 0. The molecule has 0 radical (unpaired) electrons. The van der Waals surface area contributed by atoms with Gasteiger partial charge in [-0.15, -0.1) is 0 Å². The van der Waals surface area contributed by atoms with Gasteiger partial charge in [-0.1, -0.05) is 62.4 Å². The number of likely N-dealkylation sites (N-methyl/N-ethyl adjacent to an activating group) is 1. The molecule has 0 saturated heterocycles. The molecule has 6 heteroatoms. The van der Waals surface area contributed by atoms with Crippen molar-refractivity contribution in [2.45, 2.75) is 13.8 Å². The highest BCUT2D eigenvalue weighted by Crippen LogP contribution is 2.25. The van der Waals surface area contributed by atoms with Crippen LogP contribution in [0.4, 0.5) is 0 Å². The van der Waals surface area contributed by atoms with Crippen molar-refractivity contribution in [3.63, 3.8) is 0 Å². The number of rotatable bonds is 11. The number of carbonyl (C=O) groups excluding carboxylic acids is 1. The van der Waals surface area contributed by atoms with Gasteiger partial charge in [0.2, 0.25) is 0 Å². The second-order valence-corrected chi connectivity index (χ2v) is 7.65. The maximum Gasteiger partial charge on any atom is 0.335 e. The van der Waals surface area contributed by atoms with E-state index in [0.29, 0.717) is 17.9 Å². The molecule has 6 nitrogen and oxygen atoms in total. The predicted molar refractivity (Wildman–Crippen MR) is 132 cm³/mol. The molecule has 172 valence electrons. The lowest BCUT2D eigenvalue weighted by molar-refractivity contribution is -0.117. The van der Waals surface area contributed by atoms with Crippen molar-refractivity contribution in [3.05, 3.63) is 83.4 Å². The maximum absolute atomic E-state index is 13.0. The van der Waals surface area contributed by atoms with Crippen molar-refractivity contribution in [1.82, 2.24) is 10.2 Å². The molecule has 0 unspecified atom stereocenters. The molecular formula is C27H30N2O4. The minimum Gasteiger partial charge on any atom is -0.488 e. The first kappa shape index (κ1) is 24.0. The van der Waals surface area contributed by atoms with Crippen LogP contribution in [0, 0.1) is 0 Å². The first-order valence-electron chi connectivity index (χ1n) is 11.2. The number of nitrogens with zero attached hydrogens (tertiary/aromatic N) is 1. The molecule has 2 N–H and O–H groups in total. The molecule has 3 rings (SSSR count). The molecule has 0 spiro atoms. The topological polar surface area (TPSA) is 78.9 Å². The van der Waals surface area contributed by atoms with E-state index < -0.39 is 5.97 Å². The van der Waals surface area contributed by atoms with E-state index in [4.69, 9.17) is 9.84 Å². The van der Waals surface area contributed by atoms with Crippen molar-refractivity contribution in [1.29, 1.82) is 0 Å². The maximum atomic E-state index is 13.0. The molecule has 0 aliphatic rings. The Bertz CT molecular complexity index is 1110. The molecule has 0 aliphatic heterocycles. The monoisotopic (exact) mass is 446 g/mol. The fourth-order valence-corrected chi connectivity index (χ4v) is 3.55. The van der Waals surface area contributed by atoms with Crippen LogP contribution in [0.15, 0.2) is 72.3 Å². The van der Waals surface area contributed by atoms with Crippen LogP contribution >= 0.6 is 0 Å². The summed E-state index contributed by atoms with van der Waals surface area (Å²) in [4.78, 5) is 26.4. The van der Waals surface area contributed by atoms with E-state index in [9.17, 15) is 9.59 Å². The fourth-order valence-electron chi connectivity index (χ4n) is 3.55. The number of hydrogen-bond donors (Lipinski definition) is 2. The highest BCUT2D eigenvalue weighted by atomic mass is 16.5. The van der Waals surface area contributed by atoms with Crippen molar-refractivity contribution in [2.24, 2.45) is 0 Å². The number of nitrogens with one attached hydrogen (secondary N) is 1. The lowest BCUT2D eigenvalue weighted by Gasteiger charge is -2.18. The minimum absolute atomic E-state index is 0.0891. The minimum atomic E-state index is -0.987. The second-order valence-electron chi connectivity index (χ2n) is 7.65. The number of carboxylic acid groups (broad SMARTS) is 1. The third kappa shape index (κ3) is 6.67. The van der Waals surface area contributed by atoms with Gasteiger partial charge < -0.3 is 20.1 Å². The van der Waals surface area contributed by atoms with Gasteiger partial charge in [0.1, 0.15) is 12.4 Å². The third-order valence-electron chi connectivity index (χ3n) is 5.53. The Morgan fingerprint density at radius 2 is 1.67 bits per heavy atom. The molecule has 0 fully saturated rings. The van der Waals surface area contributed by atoms with Crippen LogP contribution in [-0.2, 0) is 4.79 Å². The summed E-state index contributed by atoms with van der Waals surface area (Å²) in [6.45, 7) is 7.43. The fraction of sp³-hybridized carbons (Fsp3) is 0.259. The van der Waals surface area contributed by atoms with Gasteiger partial charge in [-0.05, 0) is 48.3 Å². The smallest absolute Gasteiger partial charge is 0.335 e. The van der Waals surface area contributed by atoms with Crippen molar-refractivity contribution in [3.8, 4) is 5.75 Å². The van der Waals surface area contributed by atoms with Crippen LogP contribution in [0.2, 0.25) is 0 Å². The van der Waals surface area contributed by atoms with Crippen LogP contribution < -0.4 is 10.1 Å². The summed E-state index contributed by atoms with van der Waals surface area (Å²) in [7, 11) is 0. The van der Waals surface area contributed by atoms with Gasteiger partial charge in [-0.2, -0.15) is 0 Å². The summed E-state index contributed by atoms with van der Waals surface area (Å²) in [5.41, 5.74) is 1.39. The zero-order chi connectivity index (χ0) is 23.6. The van der Waals surface area contributed by atoms with Gasteiger partial charge in [0.15, 0.2) is 0 Å². The van der Waals surface area contributed by atoms with E-state index in [1.165, 1.54) is 12.1 Å². The first-order chi connectivity index (χ1) is 16.0. The van der Waals surface area contributed by atoms with Crippen LogP contribution in [-0.4, -0.2) is 54.7 Å². The Morgan fingerprint density at radius 3 is 2.36 bits per heavy atom. The molecule has 3 aromatic carbocycles. The second kappa shape index (κ2) is 11.8. The third-order valence-corrected chi connectivity index (χ3v) is 5.53. The predicted octanol–water partition coefficient (Wildman–Crippen LogP) is 4.46. The number of fused-ring (bicyclic) bond motifs is 1. The van der Waals surface area contributed by atoms with Crippen LogP contribution in [0.3, 0.4) is 0 Å². The molecule has 0 saturated carbocycles. The van der Waals surface area contributed by atoms with E-state index >= 15 is 0 Å². The molecule has 0 heterocycles. The van der Waals surface area contributed by atoms with Crippen LogP contribution in [0.5, 0.6) is 5.75 Å². The average Bonchev–Trinajstić information content (AvgIpc) is 2.84. The van der Waals surface area contributed by atoms with Gasteiger partial charge in [-0.25, -0.2) is 4.79 Å². The molecule has 0 aromatic heterocycles. The molecule has 33 heavy (non-hydrogen) atoms. The SMILES string of the molecule is CCN(CC)CCNC(=O)C(=Cc1ccc(C(=O)O)cc1)COc1cccc2ccccc12. The van der Waals surface area contributed by atoms with Crippen LogP contribution in [0.25, 0.3) is 16.8 Å². The number of carbonyl (C=O) groups is 2. The molecule has 0 atom stereocenters. The Kier molecular flexibility index (Phi) is 8.61. The van der Waals surface area contributed by atoms with E-state index in [2.05, 4.69) is 24.1 Å². The van der Waals surface area contributed by atoms with Gasteiger partial charge in [0.05, 0.1) is 11.1 Å². The average molecular weight is 447 g/mol. The lowest BCUT2D eigenvalue weighted by atomic mass is 10.1. The highest BCUT2D eigenvalue weighted by molar-refractivity contribution is 5.98. The summed E-state index contributed by atoms with van der Waals surface area (Å²) in [5, 5.41) is 14.1. The molecule has 1 amide bonds. The zero-order valence-electron chi connectivity index (χ0n) is 19.1. The number of ether oxygens (including phenoxy) is 1. The summed E-state index contributed by atoms with van der Waals surface area (Å²) < 4.78 is 6.07. The number of aromatic carboxylic acids is 1. The molecule has 0 bridgehead atoms.